The minimum Gasteiger partial charge on any atom is -0.299 e. The topological polar surface area (TPSA) is 16.1 Å². The lowest BCUT2D eigenvalue weighted by atomic mass is 9.94. The fourth-order valence-corrected chi connectivity index (χ4v) is 4.50. The number of rotatable bonds is 15. The Morgan fingerprint density at radius 1 is 0.677 bits per heavy atom. The van der Waals surface area contributed by atoms with Crippen LogP contribution < -0.4 is 0 Å². The number of unbranched alkanes of at least 4 members (excludes halogenated alkanes) is 6. The second-order valence-electron chi connectivity index (χ2n) is 9.00. The first kappa shape index (κ1) is 25.6. The van der Waals surface area contributed by atoms with Gasteiger partial charge in [0.05, 0.1) is 5.69 Å². The van der Waals surface area contributed by atoms with Crippen molar-refractivity contribution in [3.8, 4) is 11.3 Å². The van der Waals surface area contributed by atoms with E-state index >= 15 is 0 Å². The van der Waals surface area contributed by atoms with E-state index in [1.165, 1.54) is 92.4 Å². The first-order valence-electron chi connectivity index (χ1n) is 12.9. The minimum absolute atomic E-state index is 1.04. The highest BCUT2D eigenvalue weighted by Crippen LogP contribution is 2.28. The number of nitrogens with zero attached hydrogens (tertiary/aromatic N) is 2. The molecule has 1 heterocycles. The van der Waals surface area contributed by atoms with Crippen LogP contribution in [0.15, 0.2) is 30.3 Å². The quantitative estimate of drug-likeness (QED) is 0.269. The van der Waals surface area contributed by atoms with Crippen molar-refractivity contribution in [3.63, 3.8) is 0 Å². The van der Waals surface area contributed by atoms with Crippen molar-refractivity contribution in [1.29, 1.82) is 0 Å². The summed E-state index contributed by atoms with van der Waals surface area (Å²) in [7, 11) is 0. The van der Waals surface area contributed by atoms with Crippen LogP contribution in [0.3, 0.4) is 0 Å². The highest BCUT2D eigenvalue weighted by molar-refractivity contribution is 5.68. The Kier molecular flexibility index (Phi) is 11.9. The standard InChI is InChI=1S/C29H46N2/c1-6-10-12-14-21-31(22-15-13-11-7-2)23-27-19-20-28(30-24(27)5)29-25(8-3)17-16-18-26(29)9-4/h16-20H,6-15,21-23H2,1-5H3. The van der Waals surface area contributed by atoms with Crippen molar-refractivity contribution < 1.29 is 0 Å². The van der Waals surface area contributed by atoms with E-state index in [4.69, 9.17) is 4.98 Å². The van der Waals surface area contributed by atoms with E-state index < -0.39 is 0 Å². The van der Waals surface area contributed by atoms with E-state index in [2.05, 4.69) is 69.9 Å². The molecule has 0 radical (unpaired) electrons. The zero-order valence-electron chi connectivity index (χ0n) is 21.0. The van der Waals surface area contributed by atoms with E-state index in [1.807, 2.05) is 0 Å². The van der Waals surface area contributed by atoms with Crippen molar-refractivity contribution >= 4 is 0 Å². The Hall–Kier alpha value is -1.67. The van der Waals surface area contributed by atoms with Gasteiger partial charge in [-0.1, -0.05) is 90.5 Å². The molecule has 0 bridgehead atoms. The third-order valence-electron chi connectivity index (χ3n) is 6.50. The van der Waals surface area contributed by atoms with E-state index in [0.29, 0.717) is 0 Å². The fraction of sp³-hybridized carbons (Fsp3) is 0.621. The first-order valence-corrected chi connectivity index (χ1v) is 12.9. The van der Waals surface area contributed by atoms with Gasteiger partial charge in [0.15, 0.2) is 0 Å². The van der Waals surface area contributed by atoms with Crippen LogP contribution in [0.2, 0.25) is 0 Å². The van der Waals surface area contributed by atoms with Crippen molar-refractivity contribution in [3.05, 3.63) is 52.7 Å². The van der Waals surface area contributed by atoms with Gasteiger partial charge < -0.3 is 0 Å². The molecule has 2 heteroatoms. The third-order valence-corrected chi connectivity index (χ3v) is 6.50. The number of benzene rings is 1. The average molecular weight is 423 g/mol. The second kappa shape index (κ2) is 14.4. The normalized spacial score (nSPS) is 11.4. The summed E-state index contributed by atoms with van der Waals surface area (Å²) in [6.45, 7) is 14.7. The molecule has 0 aliphatic carbocycles. The van der Waals surface area contributed by atoms with E-state index in [-0.39, 0.29) is 0 Å². The SMILES string of the molecule is CCCCCCN(CCCCCC)Cc1ccc(-c2c(CC)cccc2CC)nc1C. The smallest absolute Gasteiger partial charge is 0.0710 e. The Bertz CT molecular complexity index is 731. The van der Waals surface area contributed by atoms with Gasteiger partial charge in [-0.2, -0.15) is 0 Å². The van der Waals surface area contributed by atoms with Crippen LogP contribution in [0.4, 0.5) is 0 Å². The molecule has 1 aromatic carbocycles. The summed E-state index contributed by atoms with van der Waals surface area (Å²) in [6, 6.07) is 11.3. The molecule has 0 saturated heterocycles. The van der Waals surface area contributed by atoms with Crippen molar-refractivity contribution in [2.45, 2.75) is 105 Å². The maximum Gasteiger partial charge on any atom is 0.0710 e. The molecule has 0 N–H and O–H groups in total. The third kappa shape index (κ3) is 8.07. The molecule has 31 heavy (non-hydrogen) atoms. The van der Waals surface area contributed by atoms with Gasteiger partial charge >= 0.3 is 0 Å². The van der Waals surface area contributed by atoms with Gasteiger partial charge in [0.2, 0.25) is 0 Å². The first-order chi connectivity index (χ1) is 15.1. The van der Waals surface area contributed by atoms with E-state index in [0.717, 1.165) is 25.1 Å². The van der Waals surface area contributed by atoms with Crippen LogP contribution in [0.5, 0.6) is 0 Å². The summed E-state index contributed by atoms with van der Waals surface area (Å²) in [6.07, 6.45) is 12.8. The van der Waals surface area contributed by atoms with Crippen molar-refractivity contribution in [2.75, 3.05) is 13.1 Å². The van der Waals surface area contributed by atoms with E-state index in [1.54, 1.807) is 0 Å². The molecule has 0 atom stereocenters. The molecule has 172 valence electrons. The molecular formula is C29H46N2. The Morgan fingerprint density at radius 3 is 1.74 bits per heavy atom. The average Bonchev–Trinajstić information content (AvgIpc) is 2.79. The highest BCUT2D eigenvalue weighted by atomic mass is 15.1. The lowest BCUT2D eigenvalue weighted by molar-refractivity contribution is 0.252. The fourth-order valence-electron chi connectivity index (χ4n) is 4.50. The molecule has 2 aromatic rings. The summed E-state index contributed by atoms with van der Waals surface area (Å²) >= 11 is 0. The van der Waals surface area contributed by atoms with Crippen molar-refractivity contribution in [2.24, 2.45) is 0 Å². The molecule has 0 amide bonds. The molecular weight excluding hydrogens is 376 g/mol. The van der Waals surface area contributed by atoms with Gasteiger partial charge in [0, 0.05) is 17.8 Å². The van der Waals surface area contributed by atoms with Gasteiger partial charge in [-0.25, -0.2) is 0 Å². The van der Waals surface area contributed by atoms with Gasteiger partial charge in [-0.15, -0.1) is 0 Å². The molecule has 0 aliphatic rings. The Labute approximate surface area is 192 Å². The predicted octanol–water partition coefficient (Wildman–Crippen LogP) is 8.14. The van der Waals surface area contributed by atoms with Gasteiger partial charge in [-0.3, -0.25) is 9.88 Å². The lowest BCUT2D eigenvalue weighted by Gasteiger charge is -2.23. The second-order valence-corrected chi connectivity index (χ2v) is 9.00. The van der Waals surface area contributed by atoms with Crippen molar-refractivity contribution in [1.82, 2.24) is 9.88 Å². The maximum absolute atomic E-state index is 5.11. The summed E-state index contributed by atoms with van der Waals surface area (Å²) in [5.74, 6) is 0. The molecule has 1 aromatic heterocycles. The Balaban J connectivity index is 2.15. The molecule has 0 unspecified atom stereocenters. The van der Waals surface area contributed by atoms with Crippen LogP contribution in [0.25, 0.3) is 11.3 Å². The maximum atomic E-state index is 5.11. The molecule has 2 nitrogen and oxygen atoms in total. The van der Waals surface area contributed by atoms with Gasteiger partial charge in [0.25, 0.3) is 0 Å². The Morgan fingerprint density at radius 2 is 1.26 bits per heavy atom. The summed E-state index contributed by atoms with van der Waals surface area (Å²) in [4.78, 5) is 7.78. The monoisotopic (exact) mass is 422 g/mol. The number of hydrogen-bond donors (Lipinski definition) is 0. The van der Waals surface area contributed by atoms with Crippen LogP contribution >= 0.6 is 0 Å². The molecule has 2 rings (SSSR count). The van der Waals surface area contributed by atoms with Crippen LogP contribution in [-0.2, 0) is 19.4 Å². The lowest BCUT2D eigenvalue weighted by Crippen LogP contribution is -2.26. The predicted molar refractivity (Wildman–Crippen MR) is 137 cm³/mol. The van der Waals surface area contributed by atoms with E-state index in [9.17, 15) is 0 Å². The number of aromatic nitrogens is 1. The molecule has 0 spiro atoms. The van der Waals surface area contributed by atoms with Crippen LogP contribution in [0, 0.1) is 6.92 Å². The molecule has 0 fully saturated rings. The van der Waals surface area contributed by atoms with Gasteiger partial charge in [0.1, 0.15) is 0 Å². The molecule has 0 saturated carbocycles. The summed E-state index contributed by atoms with van der Waals surface area (Å²) < 4.78 is 0. The van der Waals surface area contributed by atoms with Crippen LogP contribution in [-0.4, -0.2) is 23.0 Å². The zero-order chi connectivity index (χ0) is 22.5. The summed E-state index contributed by atoms with van der Waals surface area (Å²) in [5.41, 5.74) is 7.91. The number of pyridine rings is 1. The number of hydrogen-bond acceptors (Lipinski definition) is 2. The summed E-state index contributed by atoms with van der Waals surface area (Å²) in [5, 5.41) is 0. The molecule has 0 aliphatic heterocycles. The zero-order valence-corrected chi connectivity index (χ0v) is 21.0. The highest BCUT2D eigenvalue weighted by Gasteiger charge is 2.13. The number of aryl methyl sites for hydroxylation is 3. The van der Waals surface area contributed by atoms with Gasteiger partial charge in [-0.05, 0) is 68.5 Å². The largest absolute Gasteiger partial charge is 0.299 e. The minimum atomic E-state index is 1.04. The van der Waals surface area contributed by atoms with Crippen LogP contribution in [0.1, 0.15) is 101 Å².